The molecule has 3 rings (SSSR count). The third-order valence-electron chi connectivity index (χ3n) is 6.67. The van der Waals surface area contributed by atoms with E-state index in [0.717, 1.165) is 37.7 Å². The first-order valence-corrected chi connectivity index (χ1v) is 10.4. The second-order valence-electron chi connectivity index (χ2n) is 9.51. The number of carbonyl (C=O) groups is 1. The van der Waals surface area contributed by atoms with Gasteiger partial charge < -0.3 is 19.8 Å². The van der Waals surface area contributed by atoms with Crippen molar-refractivity contribution in [3.63, 3.8) is 0 Å². The fourth-order valence-electron chi connectivity index (χ4n) is 5.30. The first-order chi connectivity index (χ1) is 13.8. The number of amides is 1. The van der Waals surface area contributed by atoms with Crippen LogP contribution in [0, 0.1) is 5.92 Å². The van der Waals surface area contributed by atoms with Crippen LogP contribution in [0.4, 0.5) is 18.0 Å². The monoisotopic (exact) mass is 429 g/mol. The Morgan fingerprint density at radius 3 is 2.17 bits per heavy atom. The number of alkyl halides is 3. The number of nitrogens with zero attached hydrogens (tertiary/aromatic N) is 1. The lowest BCUT2D eigenvalue weighted by molar-refractivity contribution is -0.274. The minimum atomic E-state index is -4.75. The SMILES string of the molecule is CC(C)(C)N(C(=O)O)[C@H]1CCC[C@H]1[C@@H](O)C1(c2ccc(OC(F)(F)F)cc2)CCC1. The van der Waals surface area contributed by atoms with Crippen LogP contribution in [0.1, 0.15) is 64.9 Å². The molecule has 1 aromatic rings. The van der Waals surface area contributed by atoms with Crippen molar-refractivity contribution in [2.45, 2.75) is 88.8 Å². The van der Waals surface area contributed by atoms with Crippen molar-refractivity contribution in [3.8, 4) is 5.75 Å². The van der Waals surface area contributed by atoms with Gasteiger partial charge in [0.2, 0.25) is 0 Å². The zero-order valence-electron chi connectivity index (χ0n) is 17.6. The van der Waals surface area contributed by atoms with Gasteiger partial charge in [-0.25, -0.2) is 4.79 Å². The van der Waals surface area contributed by atoms with Crippen molar-refractivity contribution in [1.29, 1.82) is 0 Å². The lowest BCUT2D eigenvalue weighted by Gasteiger charge is -2.51. The summed E-state index contributed by atoms with van der Waals surface area (Å²) in [6.45, 7) is 5.55. The molecular weight excluding hydrogens is 399 g/mol. The van der Waals surface area contributed by atoms with Gasteiger partial charge in [0.25, 0.3) is 0 Å². The molecule has 168 valence electrons. The van der Waals surface area contributed by atoms with Crippen LogP contribution in [0.25, 0.3) is 0 Å². The van der Waals surface area contributed by atoms with E-state index in [-0.39, 0.29) is 17.7 Å². The van der Waals surface area contributed by atoms with E-state index in [1.807, 2.05) is 20.8 Å². The third-order valence-corrected chi connectivity index (χ3v) is 6.67. The molecule has 2 N–H and O–H groups in total. The second-order valence-corrected chi connectivity index (χ2v) is 9.51. The van der Waals surface area contributed by atoms with Crippen LogP contribution in [0.3, 0.4) is 0 Å². The fourth-order valence-corrected chi connectivity index (χ4v) is 5.30. The summed E-state index contributed by atoms with van der Waals surface area (Å²) in [4.78, 5) is 13.5. The van der Waals surface area contributed by atoms with E-state index >= 15 is 0 Å². The van der Waals surface area contributed by atoms with Crippen LogP contribution in [0.2, 0.25) is 0 Å². The summed E-state index contributed by atoms with van der Waals surface area (Å²) in [7, 11) is 0. The standard InChI is InChI=1S/C22H30F3NO4/c1-20(2,3)26(19(28)29)17-7-4-6-16(17)18(27)21(12-5-13-21)14-8-10-15(11-9-14)30-22(23,24)25/h8-11,16-18,27H,4-7,12-13H2,1-3H3,(H,28,29)/t16-,17+,18-/m1/s1. The molecule has 0 radical (unpaired) electrons. The lowest BCUT2D eigenvalue weighted by Crippen LogP contribution is -2.58. The number of ether oxygens (including phenoxy) is 1. The van der Waals surface area contributed by atoms with Gasteiger partial charge in [-0.1, -0.05) is 25.0 Å². The number of aliphatic hydroxyl groups excluding tert-OH is 1. The van der Waals surface area contributed by atoms with Gasteiger partial charge in [-0.2, -0.15) is 0 Å². The number of hydrogen-bond donors (Lipinski definition) is 2. The second kappa shape index (κ2) is 7.94. The molecule has 8 heteroatoms. The first-order valence-electron chi connectivity index (χ1n) is 10.4. The Bertz CT molecular complexity index is 753. The molecule has 1 aromatic carbocycles. The largest absolute Gasteiger partial charge is 0.573 e. The molecule has 2 aliphatic rings. The number of halogens is 3. The van der Waals surface area contributed by atoms with Crippen LogP contribution in [0.5, 0.6) is 5.75 Å². The van der Waals surface area contributed by atoms with Gasteiger partial charge in [0.15, 0.2) is 0 Å². The van der Waals surface area contributed by atoms with E-state index in [4.69, 9.17) is 0 Å². The molecule has 5 nitrogen and oxygen atoms in total. The molecule has 2 saturated carbocycles. The maximum Gasteiger partial charge on any atom is 0.573 e. The highest BCUT2D eigenvalue weighted by atomic mass is 19.4. The van der Waals surface area contributed by atoms with E-state index < -0.39 is 29.5 Å². The lowest BCUT2D eigenvalue weighted by atomic mass is 9.58. The Labute approximate surface area is 174 Å². The zero-order chi connectivity index (χ0) is 22.3. The Hall–Kier alpha value is -1.96. The van der Waals surface area contributed by atoms with E-state index in [0.29, 0.717) is 6.42 Å². The van der Waals surface area contributed by atoms with Crippen LogP contribution < -0.4 is 4.74 Å². The van der Waals surface area contributed by atoms with Crippen molar-refractivity contribution in [3.05, 3.63) is 29.8 Å². The van der Waals surface area contributed by atoms with Crippen molar-refractivity contribution < 1.29 is 32.9 Å². The minimum Gasteiger partial charge on any atom is -0.465 e. The average molecular weight is 429 g/mol. The molecule has 3 atom stereocenters. The summed E-state index contributed by atoms with van der Waals surface area (Å²) in [6.07, 6.45) is -1.90. The third kappa shape index (κ3) is 4.38. The van der Waals surface area contributed by atoms with Gasteiger partial charge in [0.1, 0.15) is 5.75 Å². The molecule has 0 aromatic heterocycles. The molecular formula is C22H30F3NO4. The smallest absolute Gasteiger partial charge is 0.465 e. The van der Waals surface area contributed by atoms with Gasteiger partial charge in [0, 0.05) is 22.9 Å². The van der Waals surface area contributed by atoms with Gasteiger partial charge >= 0.3 is 12.5 Å². The Balaban J connectivity index is 1.86. The van der Waals surface area contributed by atoms with Crippen molar-refractivity contribution >= 4 is 6.09 Å². The van der Waals surface area contributed by atoms with Gasteiger partial charge in [-0.15, -0.1) is 13.2 Å². The minimum absolute atomic E-state index is 0.216. The van der Waals surface area contributed by atoms with Crippen LogP contribution in [0.15, 0.2) is 24.3 Å². The molecule has 0 aliphatic heterocycles. The average Bonchev–Trinajstić information content (AvgIpc) is 3.01. The molecule has 1 amide bonds. The fraction of sp³-hybridized carbons (Fsp3) is 0.682. The molecule has 30 heavy (non-hydrogen) atoms. The molecule has 0 saturated heterocycles. The molecule has 0 unspecified atom stereocenters. The van der Waals surface area contributed by atoms with E-state index in [1.54, 1.807) is 12.1 Å². The summed E-state index contributed by atoms with van der Waals surface area (Å²) in [5, 5.41) is 21.3. The highest BCUT2D eigenvalue weighted by Gasteiger charge is 2.52. The van der Waals surface area contributed by atoms with Gasteiger partial charge in [0.05, 0.1) is 6.10 Å². The molecule has 0 heterocycles. The summed E-state index contributed by atoms with van der Waals surface area (Å²) in [5.74, 6) is -0.509. The van der Waals surface area contributed by atoms with Crippen molar-refractivity contribution in [2.24, 2.45) is 5.92 Å². The molecule has 2 aliphatic carbocycles. The highest BCUT2D eigenvalue weighted by molar-refractivity contribution is 5.66. The number of rotatable bonds is 5. The normalized spacial score (nSPS) is 24.8. The Morgan fingerprint density at radius 2 is 1.73 bits per heavy atom. The number of carboxylic acid groups (broad SMARTS) is 1. The van der Waals surface area contributed by atoms with E-state index in [2.05, 4.69) is 4.74 Å². The summed E-state index contributed by atoms with van der Waals surface area (Å²) in [5.41, 5.74) is -0.382. The van der Waals surface area contributed by atoms with Crippen molar-refractivity contribution in [2.75, 3.05) is 0 Å². The molecule has 0 bridgehead atoms. The van der Waals surface area contributed by atoms with E-state index in [1.165, 1.54) is 17.0 Å². The zero-order valence-corrected chi connectivity index (χ0v) is 17.6. The maximum absolute atomic E-state index is 12.5. The Morgan fingerprint density at radius 1 is 1.13 bits per heavy atom. The number of hydrogen-bond acceptors (Lipinski definition) is 3. The van der Waals surface area contributed by atoms with Gasteiger partial charge in [-0.3, -0.25) is 0 Å². The summed E-state index contributed by atoms with van der Waals surface area (Å²) < 4.78 is 41.3. The Kier molecular flexibility index (Phi) is 6.02. The number of benzene rings is 1. The van der Waals surface area contributed by atoms with Gasteiger partial charge in [-0.05, 0) is 64.2 Å². The highest BCUT2D eigenvalue weighted by Crippen LogP contribution is 2.52. The van der Waals surface area contributed by atoms with E-state index in [9.17, 15) is 28.2 Å². The predicted octanol–water partition coefficient (Wildman–Crippen LogP) is 5.32. The van der Waals surface area contributed by atoms with Crippen LogP contribution in [-0.4, -0.2) is 45.3 Å². The number of aliphatic hydroxyl groups is 1. The van der Waals surface area contributed by atoms with Crippen LogP contribution in [-0.2, 0) is 5.41 Å². The topological polar surface area (TPSA) is 70.0 Å². The van der Waals surface area contributed by atoms with Crippen LogP contribution >= 0.6 is 0 Å². The molecule has 0 spiro atoms. The maximum atomic E-state index is 12.5. The quantitative estimate of drug-likeness (QED) is 0.665. The predicted molar refractivity (Wildman–Crippen MR) is 105 cm³/mol. The molecule has 2 fully saturated rings. The van der Waals surface area contributed by atoms with Crippen molar-refractivity contribution in [1.82, 2.24) is 4.90 Å². The summed E-state index contributed by atoms with van der Waals surface area (Å²) in [6, 6.07) is 5.45. The summed E-state index contributed by atoms with van der Waals surface area (Å²) >= 11 is 0. The first kappa shape index (κ1) is 22.7.